The lowest BCUT2D eigenvalue weighted by atomic mass is 10.1. The summed E-state index contributed by atoms with van der Waals surface area (Å²) >= 11 is 24.0. The fourth-order valence-corrected chi connectivity index (χ4v) is 2.41. The smallest absolute Gasteiger partial charge is 0.151 e. The van der Waals surface area contributed by atoms with Gasteiger partial charge in [-0.05, 0) is 18.2 Å². The number of hydrogen-bond acceptors (Lipinski definition) is 2. The molecule has 0 saturated carbocycles. The second-order valence-electron chi connectivity index (χ2n) is 3.47. The van der Waals surface area contributed by atoms with Crippen LogP contribution in [-0.2, 0) is 0 Å². The van der Waals surface area contributed by atoms with Crippen LogP contribution in [0.5, 0.6) is 0 Å². The lowest BCUT2D eigenvalue weighted by Crippen LogP contribution is -1.90. The predicted octanol–water partition coefficient (Wildman–Crippen LogP) is 5.17. The van der Waals surface area contributed by atoms with Crippen molar-refractivity contribution in [2.24, 2.45) is 0 Å². The molecule has 18 heavy (non-hydrogen) atoms. The summed E-state index contributed by atoms with van der Waals surface area (Å²) in [5.74, 6) is 0. The van der Waals surface area contributed by atoms with Gasteiger partial charge < -0.3 is 0 Å². The normalized spacial score (nSPS) is 10.4. The maximum Gasteiger partial charge on any atom is 0.151 e. The quantitative estimate of drug-likeness (QED) is 0.564. The van der Waals surface area contributed by atoms with Gasteiger partial charge in [-0.2, -0.15) is 0 Å². The Balaban J connectivity index is 2.65. The van der Waals surface area contributed by atoms with E-state index in [4.69, 9.17) is 46.4 Å². The van der Waals surface area contributed by atoms with E-state index in [1.165, 1.54) is 18.3 Å². The highest BCUT2D eigenvalue weighted by Crippen LogP contribution is 2.38. The molecule has 0 aliphatic carbocycles. The van der Waals surface area contributed by atoms with Gasteiger partial charge in [0.15, 0.2) is 6.29 Å². The molecule has 0 radical (unpaired) electrons. The van der Waals surface area contributed by atoms with Crippen molar-refractivity contribution in [3.05, 3.63) is 50.0 Å². The molecule has 0 aliphatic rings. The number of aldehydes is 1. The number of rotatable bonds is 2. The van der Waals surface area contributed by atoms with E-state index in [2.05, 4.69) is 4.98 Å². The Morgan fingerprint density at radius 2 is 1.72 bits per heavy atom. The van der Waals surface area contributed by atoms with Crippen LogP contribution in [0, 0.1) is 0 Å². The maximum absolute atomic E-state index is 10.6. The third-order valence-corrected chi connectivity index (χ3v) is 3.55. The Bertz CT molecular complexity index is 628. The van der Waals surface area contributed by atoms with Crippen molar-refractivity contribution in [1.29, 1.82) is 0 Å². The van der Waals surface area contributed by atoms with Crippen LogP contribution in [0.4, 0.5) is 0 Å². The first-order chi connectivity index (χ1) is 8.52. The fourth-order valence-electron chi connectivity index (χ4n) is 1.44. The first kappa shape index (κ1) is 13.6. The Labute approximate surface area is 123 Å². The number of aromatic nitrogens is 1. The summed E-state index contributed by atoms with van der Waals surface area (Å²) in [7, 11) is 0. The Morgan fingerprint density at radius 1 is 1.00 bits per heavy atom. The van der Waals surface area contributed by atoms with Crippen molar-refractivity contribution in [3.63, 3.8) is 0 Å². The molecular weight excluding hydrogens is 316 g/mol. The predicted molar refractivity (Wildman–Crippen MR) is 75.1 cm³/mol. The molecule has 0 amide bonds. The molecule has 1 aromatic heterocycles. The van der Waals surface area contributed by atoms with Crippen molar-refractivity contribution < 1.29 is 4.79 Å². The second-order valence-corrected chi connectivity index (χ2v) is 5.09. The Morgan fingerprint density at radius 3 is 2.33 bits per heavy atom. The van der Waals surface area contributed by atoms with Crippen LogP contribution in [0.1, 0.15) is 10.4 Å². The van der Waals surface area contributed by atoms with Crippen LogP contribution >= 0.6 is 46.4 Å². The first-order valence-electron chi connectivity index (χ1n) is 4.78. The molecule has 0 atom stereocenters. The van der Waals surface area contributed by atoms with Crippen molar-refractivity contribution in [2.45, 2.75) is 0 Å². The molecule has 0 aliphatic heterocycles. The van der Waals surface area contributed by atoms with E-state index in [1.807, 2.05) is 0 Å². The molecule has 2 nitrogen and oxygen atoms in total. The first-order valence-corrected chi connectivity index (χ1v) is 6.29. The molecule has 0 saturated heterocycles. The minimum absolute atomic E-state index is 0.305. The third kappa shape index (κ3) is 2.62. The van der Waals surface area contributed by atoms with E-state index in [-0.39, 0.29) is 0 Å². The Kier molecular flexibility index (Phi) is 4.13. The standard InChI is InChI=1S/C12H5Cl4NO/c13-7-2-8(11(16)9(14)3-7)12-10(15)1-6(5-18)4-17-12/h1-5H. The van der Waals surface area contributed by atoms with Crippen molar-refractivity contribution in [3.8, 4) is 11.3 Å². The zero-order valence-electron chi connectivity index (χ0n) is 8.75. The van der Waals surface area contributed by atoms with Gasteiger partial charge in [-0.15, -0.1) is 0 Å². The van der Waals surface area contributed by atoms with Gasteiger partial charge in [-0.1, -0.05) is 46.4 Å². The number of carbonyl (C=O) groups is 1. The number of halogens is 4. The third-order valence-electron chi connectivity index (χ3n) is 2.25. The average Bonchev–Trinajstić information content (AvgIpc) is 2.34. The van der Waals surface area contributed by atoms with Crippen LogP contribution in [0.3, 0.4) is 0 Å². The fraction of sp³-hybridized carbons (Fsp3) is 0. The van der Waals surface area contributed by atoms with E-state index in [0.29, 0.717) is 43.2 Å². The zero-order valence-corrected chi connectivity index (χ0v) is 11.8. The summed E-state index contributed by atoms with van der Waals surface area (Å²) in [6, 6.07) is 4.65. The van der Waals surface area contributed by atoms with Crippen LogP contribution in [-0.4, -0.2) is 11.3 Å². The number of nitrogens with zero attached hydrogens (tertiary/aromatic N) is 1. The summed E-state index contributed by atoms with van der Waals surface area (Å²) in [5, 5.41) is 1.36. The number of carbonyl (C=O) groups excluding carboxylic acids is 1. The van der Waals surface area contributed by atoms with Gasteiger partial charge in [0, 0.05) is 22.3 Å². The molecule has 0 bridgehead atoms. The molecule has 1 aromatic carbocycles. The van der Waals surface area contributed by atoms with E-state index in [9.17, 15) is 4.79 Å². The van der Waals surface area contributed by atoms with E-state index >= 15 is 0 Å². The summed E-state index contributed by atoms with van der Waals surface area (Å²) in [4.78, 5) is 14.7. The van der Waals surface area contributed by atoms with Gasteiger partial charge in [0.05, 0.1) is 20.8 Å². The minimum Gasteiger partial charge on any atom is -0.298 e. The largest absolute Gasteiger partial charge is 0.298 e. The molecule has 0 N–H and O–H groups in total. The van der Waals surface area contributed by atoms with Crippen LogP contribution in [0.15, 0.2) is 24.4 Å². The molecule has 92 valence electrons. The number of benzene rings is 1. The molecule has 2 aromatic rings. The van der Waals surface area contributed by atoms with Gasteiger partial charge in [0.1, 0.15) is 0 Å². The molecular formula is C12H5Cl4NO. The highest BCUT2D eigenvalue weighted by Gasteiger charge is 2.13. The van der Waals surface area contributed by atoms with Gasteiger partial charge in [-0.25, -0.2) is 0 Å². The highest BCUT2D eigenvalue weighted by molar-refractivity contribution is 6.45. The Hall–Kier alpha value is -0.800. The minimum atomic E-state index is 0.305. The second kappa shape index (κ2) is 5.45. The lowest BCUT2D eigenvalue weighted by Gasteiger charge is -2.08. The molecule has 1 heterocycles. The topological polar surface area (TPSA) is 30.0 Å². The molecule has 2 rings (SSSR count). The number of hydrogen-bond donors (Lipinski definition) is 0. The van der Waals surface area contributed by atoms with Crippen molar-refractivity contribution >= 4 is 52.7 Å². The van der Waals surface area contributed by atoms with Gasteiger partial charge >= 0.3 is 0 Å². The van der Waals surface area contributed by atoms with Crippen molar-refractivity contribution in [1.82, 2.24) is 4.98 Å². The highest BCUT2D eigenvalue weighted by atomic mass is 35.5. The summed E-state index contributed by atoms with van der Waals surface area (Å²) in [6.07, 6.45) is 2.06. The summed E-state index contributed by atoms with van der Waals surface area (Å²) in [5.41, 5.74) is 1.33. The van der Waals surface area contributed by atoms with Gasteiger partial charge in [0.25, 0.3) is 0 Å². The summed E-state index contributed by atoms with van der Waals surface area (Å²) in [6.45, 7) is 0. The average molecular weight is 321 g/mol. The van der Waals surface area contributed by atoms with Crippen LogP contribution in [0.2, 0.25) is 20.1 Å². The number of pyridine rings is 1. The zero-order chi connectivity index (χ0) is 13.3. The molecule has 0 spiro atoms. The van der Waals surface area contributed by atoms with E-state index < -0.39 is 0 Å². The molecule has 0 unspecified atom stereocenters. The molecule has 0 fully saturated rings. The monoisotopic (exact) mass is 319 g/mol. The SMILES string of the molecule is O=Cc1cnc(-c2cc(Cl)cc(Cl)c2Cl)c(Cl)c1. The van der Waals surface area contributed by atoms with Gasteiger partial charge in [-0.3, -0.25) is 9.78 Å². The molecule has 6 heteroatoms. The summed E-state index contributed by atoms with van der Waals surface area (Å²) < 4.78 is 0. The van der Waals surface area contributed by atoms with Crippen molar-refractivity contribution in [2.75, 3.05) is 0 Å². The van der Waals surface area contributed by atoms with Crippen LogP contribution < -0.4 is 0 Å². The van der Waals surface area contributed by atoms with E-state index in [0.717, 1.165) is 0 Å². The lowest BCUT2D eigenvalue weighted by molar-refractivity contribution is 0.112. The van der Waals surface area contributed by atoms with E-state index in [1.54, 1.807) is 6.07 Å². The van der Waals surface area contributed by atoms with Crippen LogP contribution in [0.25, 0.3) is 11.3 Å². The maximum atomic E-state index is 10.6. The van der Waals surface area contributed by atoms with Gasteiger partial charge in [0.2, 0.25) is 0 Å².